The number of aromatic amines is 1. The number of carbonyl (C=O) groups excluding carboxylic acids is 1. The fourth-order valence-corrected chi connectivity index (χ4v) is 2.79. The van der Waals surface area contributed by atoms with Gasteiger partial charge < -0.3 is 14.5 Å². The first kappa shape index (κ1) is 19.0. The van der Waals surface area contributed by atoms with Crippen LogP contribution in [0.5, 0.6) is 11.5 Å². The lowest BCUT2D eigenvalue weighted by atomic mass is 10.1. The molecule has 0 atom stereocenters. The van der Waals surface area contributed by atoms with Crippen LogP contribution in [0.25, 0.3) is 11.3 Å². The molecule has 0 amide bonds. The molecule has 0 saturated heterocycles. The van der Waals surface area contributed by atoms with Crippen molar-refractivity contribution in [2.45, 2.75) is 51.9 Å². The highest BCUT2D eigenvalue weighted by Gasteiger charge is 2.10. The van der Waals surface area contributed by atoms with Gasteiger partial charge in [-0.25, -0.2) is 4.98 Å². The van der Waals surface area contributed by atoms with Crippen LogP contribution in [0.2, 0.25) is 0 Å². The van der Waals surface area contributed by atoms with Crippen molar-refractivity contribution in [1.29, 1.82) is 0 Å². The van der Waals surface area contributed by atoms with Crippen LogP contribution in [-0.2, 0) is 11.2 Å². The zero-order valence-corrected chi connectivity index (χ0v) is 15.4. The van der Waals surface area contributed by atoms with Crippen molar-refractivity contribution in [1.82, 2.24) is 9.97 Å². The summed E-state index contributed by atoms with van der Waals surface area (Å²) in [5.74, 6) is 2.87. The highest BCUT2D eigenvalue weighted by atomic mass is 16.5. The van der Waals surface area contributed by atoms with Gasteiger partial charge in [0.1, 0.15) is 23.1 Å². The van der Waals surface area contributed by atoms with Crippen molar-refractivity contribution in [2.24, 2.45) is 0 Å². The number of hydrogen-bond acceptors (Lipinski definition) is 4. The molecular weight excluding hydrogens is 316 g/mol. The molecule has 5 heteroatoms. The second-order valence-electron chi connectivity index (χ2n) is 6.12. The lowest BCUT2D eigenvalue weighted by Crippen LogP contribution is -1.95. The highest BCUT2D eigenvalue weighted by Crippen LogP contribution is 2.32. The molecule has 0 radical (unpaired) electrons. The summed E-state index contributed by atoms with van der Waals surface area (Å²) < 4.78 is 10.7. The van der Waals surface area contributed by atoms with Gasteiger partial charge in [-0.05, 0) is 25.0 Å². The smallest absolute Gasteiger partial charge is 0.132 e. The number of rotatable bonds is 11. The van der Waals surface area contributed by atoms with Gasteiger partial charge >= 0.3 is 0 Å². The first-order chi connectivity index (χ1) is 12.2. The summed E-state index contributed by atoms with van der Waals surface area (Å²) in [5, 5.41) is 0. The van der Waals surface area contributed by atoms with E-state index in [0.29, 0.717) is 12.2 Å². The summed E-state index contributed by atoms with van der Waals surface area (Å²) in [6.07, 6.45) is 8.44. The van der Waals surface area contributed by atoms with Crippen LogP contribution >= 0.6 is 0 Å². The molecule has 0 aliphatic rings. The van der Waals surface area contributed by atoms with Gasteiger partial charge in [0.05, 0.1) is 26.1 Å². The van der Waals surface area contributed by atoms with E-state index >= 15 is 0 Å². The van der Waals surface area contributed by atoms with E-state index in [-0.39, 0.29) is 0 Å². The predicted octanol–water partition coefficient (Wildman–Crippen LogP) is 4.57. The van der Waals surface area contributed by atoms with E-state index in [9.17, 15) is 4.79 Å². The molecule has 25 heavy (non-hydrogen) atoms. The standard InChI is InChI=1S/C20H28N2O3/c1-4-15(23)9-7-5-6-8-10-20-21-14-18(22-20)17-12-11-16(24-2)13-19(17)25-3/h11-14H,4-10H2,1-3H3,(H,21,22). The number of nitrogens with zero attached hydrogens (tertiary/aromatic N) is 1. The third-order valence-electron chi connectivity index (χ3n) is 4.34. The number of benzene rings is 1. The zero-order valence-electron chi connectivity index (χ0n) is 15.4. The fraction of sp³-hybridized carbons (Fsp3) is 0.500. The summed E-state index contributed by atoms with van der Waals surface area (Å²) in [4.78, 5) is 19.1. The fourth-order valence-electron chi connectivity index (χ4n) is 2.79. The summed E-state index contributed by atoms with van der Waals surface area (Å²) in [5.41, 5.74) is 1.92. The number of Topliss-reactive ketones (excluding diaryl/α,β-unsaturated/α-hetero) is 1. The molecule has 1 aromatic carbocycles. The number of unbranched alkanes of at least 4 members (excludes halogenated alkanes) is 3. The van der Waals surface area contributed by atoms with Gasteiger partial charge in [0.25, 0.3) is 0 Å². The number of aryl methyl sites for hydroxylation is 1. The molecule has 0 bridgehead atoms. The van der Waals surface area contributed by atoms with Crippen molar-refractivity contribution in [3.63, 3.8) is 0 Å². The van der Waals surface area contributed by atoms with Crippen LogP contribution in [0, 0.1) is 0 Å². The summed E-state index contributed by atoms with van der Waals surface area (Å²) in [6.45, 7) is 1.93. The molecule has 1 N–H and O–H groups in total. The molecule has 0 aliphatic heterocycles. The van der Waals surface area contributed by atoms with Crippen LogP contribution in [0.3, 0.4) is 0 Å². The summed E-state index contributed by atoms with van der Waals surface area (Å²) in [6, 6.07) is 5.75. The van der Waals surface area contributed by atoms with Crippen molar-refractivity contribution in [3.8, 4) is 22.8 Å². The van der Waals surface area contributed by atoms with E-state index < -0.39 is 0 Å². The van der Waals surface area contributed by atoms with E-state index in [1.54, 1.807) is 14.2 Å². The molecule has 0 unspecified atom stereocenters. The van der Waals surface area contributed by atoms with Gasteiger partial charge in [-0.2, -0.15) is 0 Å². The second kappa shape index (κ2) is 9.87. The predicted molar refractivity (Wildman–Crippen MR) is 99.2 cm³/mol. The van der Waals surface area contributed by atoms with Gasteiger partial charge in [0, 0.05) is 30.9 Å². The Morgan fingerprint density at radius 2 is 1.92 bits per heavy atom. The van der Waals surface area contributed by atoms with Crippen molar-refractivity contribution < 1.29 is 14.3 Å². The zero-order chi connectivity index (χ0) is 18.1. The topological polar surface area (TPSA) is 64.2 Å². The van der Waals surface area contributed by atoms with Gasteiger partial charge in [-0.3, -0.25) is 4.79 Å². The normalized spacial score (nSPS) is 10.7. The van der Waals surface area contributed by atoms with Crippen molar-refractivity contribution >= 4 is 5.78 Å². The molecule has 2 aromatic rings. The van der Waals surface area contributed by atoms with E-state index in [1.165, 1.54) is 0 Å². The number of ketones is 1. The maximum Gasteiger partial charge on any atom is 0.132 e. The number of methoxy groups -OCH3 is 2. The number of carbonyl (C=O) groups is 1. The molecule has 0 saturated carbocycles. The minimum atomic E-state index is 0.365. The van der Waals surface area contributed by atoms with Crippen LogP contribution in [0.1, 0.15) is 51.3 Å². The monoisotopic (exact) mass is 344 g/mol. The molecule has 2 rings (SSSR count). The minimum Gasteiger partial charge on any atom is -0.497 e. The molecular formula is C20H28N2O3. The first-order valence-corrected chi connectivity index (χ1v) is 8.96. The van der Waals surface area contributed by atoms with E-state index in [1.807, 2.05) is 31.3 Å². The summed E-state index contributed by atoms with van der Waals surface area (Å²) in [7, 11) is 3.29. The minimum absolute atomic E-state index is 0.365. The van der Waals surface area contributed by atoms with E-state index in [2.05, 4.69) is 9.97 Å². The molecule has 1 aromatic heterocycles. The molecule has 0 spiro atoms. The maximum absolute atomic E-state index is 11.3. The highest BCUT2D eigenvalue weighted by molar-refractivity contribution is 5.77. The Kier molecular flexibility index (Phi) is 7.51. The Labute approximate surface area is 149 Å². The van der Waals surface area contributed by atoms with Gasteiger partial charge in [0.2, 0.25) is 0 Å². The molecule has 0 fully saturated rings. The lowest BCUT2D eigenvalue weighted by Gasteiger charge is -2.08. The molecule has 136 valence electrons. The van der Waals surface area contributed by atoms with Crippen molar-refractivity contribution in [2.75, 3.05) is 14.2 Å². The Bertz CT molecular complexity index is 679. The second-order valence-corrected chi connectivity index (χ2v) is 6.12. The number of H-pyrrole nitrogens is 1. The number of aromatic nitrogens is 2. The van der Waals surface area contributed by atoms with Crippen LogP contribution in [0.15, 0.2) is 24.4 Å². The van der Waals surface area contributed by atoms with E-state index in [0.717, 1.165) is 67.1 Å². The SMILES string of the molecule is CCC(=O)CCCCCCc1ncc(-c2ccc(OC)cc2OC)[nH]1. The van der Waals surface area contributed by atoms with Crippen molar-refractivity contribution in [3.05, 3.63) is 30.2 Å². The Morgan fingerprint density at radius 1 is 1.12 bits per heavy atom. The number of imidazole rings is 1. The molecule has 0 aliphatic carbocycles. The Balaban J connectivity index is 1.85. The van der Waals surface area contributed by atoms with E-state index in [4.69, 9.17) is 9.47 Å². The number of ether oxygens (including phenoxy) is 2. The van der Waals surface area contributed by atoms with Gasteiger partial charge in [-0.1, -0.05) is 19.8 Å². The average Bonchev–Trinajstić information content (AvgIpc) is 3.12. The average molecular weight is 344 g/mol. The Morgan fingerprint density at radius 3 is 2.64 bits per heavy atom. The lowest BCUT2D eigenvalue weighted by molar-refractivity contribution is -0.118. The molecule has 1 heterocycles. The maximum atomic E-state index is 11.3. The number of nitrogens with one attached hydrogen (secondary N) is 1. The third-order valence-corrected chi connectivity index (χ3v) is 4.34. The third kappa shape index (κ3) is 5.62. The quantitative estimate of drug-likeness (QED) is 0.607. The van der Waals surface area contributed by atoms with Gasteiger partial charge in [0.15, 0.2) is 0 Å². The molecule has 5 nitrogen and oxygen atoms in total. The first-order valence-electron chi connectivity index (χ1n) is 8.96. The van der Waals surface area contributed by atoms with Gasteiger partial charge in [-0.15, -0.1) is 0 Å². The van der Waals surface area contributed by atoms with Crippen LogP contribution in [0.4, 0.5) is 0 Å². The Hall–Kier alpha value is -2.30. The number of hydrogen-bond donors (Lipinski definition) is 1. The van der Waals surface area contributed by atoms with Crippen LogP contribution < -0.4 is 9.47 Å². The summed E-state index contributed by atoms with van der Waals surface area (Å²) >= 11 is 0. The van der Waals surface area contributed by atoms with Crippen LogP contribution in [-0.4, -0.2) is 30.0 Å². The largest absolute Gasteiger partial charge is 0.497 e.